The second-order valence-electron chi connectivity index (χ2n) is 5.97. The summed E-state index contributed by atoms with van der Waals surface area (Å²) in [5, 5.41) is 7.98. The van der Waals surface area contributed by atoms with Gasteiger partial charge in [-0.15, -0.1) is 0 Å². The first-order chi connectivity index (χ1) is 11.6. The molecule has 0 saturated carbocycles. The van der Waals surface area contributed by atoms with Crippen molar-refractivity contribution in [2.75, 3.05) is 14.1 Å². The summed E-state index contributed by atoms with van der Waals surface area (Å²) in [4.78, 5) is 23.9. The molecule has 0 spiro atoms. The Morgan fingerprint density at radius 1 is 1.24 bits per heavy atom. The highest BCUT2D eigenvalue weighted by Crippen LogP contribution is 2.15. The number of carbonyl (C=O) groups excluding carboxylic acids is 2. The fraction of sp³-hybridized carbons (Fsp3) is 0.375. The molecule has 8 nitrogen and oxygen atoms in total. The lowest BCUT2D eigenvalue weighted by Gasteiger charge is -2.25. The molecule has 2 rings (SSSR count). The topological polar surface area (TPSA) is 108 Å². The fourth-order valence-corrected chi connectivity index (χ4v) is 3.40. The molecule has 0 aliphatic carbocycles. The van der Waals surface area contributed by atoms with Gasteiger partial charge in [-0.3, -0.25) is 4.79 Å². The molecule has 9 heteroatoms. The Bertz CT molecular complexity index is 813. The number of benzene rings is 1. The Kier molecular flexibility index (Phi) is 5.48. The molecular weight excluding hydrogens is 344 g/mol. The molecule has 1 aliphatic rings. The van der Waals surface area contributed by atoms with Crippen LogP contribution in [0, 0.1) is 0 Å². The van der Waals surface area contributed by atoms with E-state index in [1.807, 2.05) is 0 Å². The zero-order chi connectivity index (χ0) is 18.8. The maximum Gasteiger partial charge on any atom is 0.319 e. The van der Waals surface area contributed by atoms with Crippen LogP contribution in [0.3, 0.4) is 0 Å². The lowest BCUT2D eigenvalue weighted by molar-refractivity contribution is -0.118. The van der Waals surface area contributed by atoms with Crippen molar-refractivity contribution in [3.8, 4) is 0 Å². The second-order valence-corrected chi connectivity index (χ2v) is 8.12. The number of rotatable bonds is 5. The van der Waals surface area contributed by atoms with E-state index in [9.17, 15) is 18.0 Å². The van der Waals surface area contributed by atoms with Crippen LogP contribution in [0.2, 0.25) is 0 Å². The number of hydrogen-bond donors (Lipinski definition) is 3. The van der Waals surface area contributed by atoms with Gasteiger partial charge in [0.1, 0.15) is 0 Å². The molecular formula is C16H22N4O4S. The highest BCUT2D eigenvalue weighted by atomic mass is 32.2. The van der Waals surface area contributed by atoms with Crippen molar-refractivity contribution in [1.29, 1.82) is 0 Å². The van der Waals surface area contributed by atoms with Crippen LogP contribution in [0.5, 0.6) is 0 Å². The largest absolute Gasteiger partial charge is 0.348 e. The van der Waals surface area contributed by atoms with Gasteiger partial charge in [0, 0.05) is 26.3 Å². The second kappa shape index (κ2) is 7.24. The van der Waals surface area contributed by atoms with E-state index in [4.69, 9.17) is 0 Å². The van der Waals surface area contributed by atoms with Crippen molar-refractivity contribution in [2.45, 2.75) is 31.3 Å². The first-order valence-corrected chi connectivity index (χ1v) is 9.15. The fourth-order valence-electron chi connectivity index (χ4n) is 2.50. The summed E-state index contributed by atoms with van der Waals surface area (Å²) in [5.41, 5.74) is 1.75. The third-order valence-corrected chi connectivity index (χ3v) is 5.71. The number of amides is 3. The summed E-state index contributed by atoms with van der Waals surface area (Å²) in [6.07, 6.45) is 0. The number of allylic oxidation sites excluding steroid dienone is 1. The van der Waals surface area contributed by atoms with Gasteiger partial charge in [0.15, 0.2) is 0 Å². The standard InChI is InChI=1S/C16H22N4O4S/c1-10-14(11(2)19-16(22)18-10)15(21)17-9-12-5-7-13(8-6-12)25(23,24)20(3)4/h5-8,10H,9H2,1-4H3,(H,17,21)(H2,18,19,22). The summed E-state index contributed by atoms with van der Waals surface area (Å²) in [5.74, 6) is -0.289. The summed E-state index contributed by atoms with van der Waals surface area (Å²) in [6.45, 7) is 3.65. The number of carbonyl (C=O) groups is 2. The van der Waals surface area contributed by atoms with Gasteiger partial charge in [0.2, 0.25) is 10.0 Å². The van der Waals surface area contributed by atoms with Gasteiger partial charge in [-0.05, 0) is 31.5 Å². The molecule has 0 bridgehead atoms. The van der Waals surface area contributed by atoms with E-state index in [1.54, 1.807) is 26.0 Å². The molecule has 1 aromatic carbocycles. The average Bonchev–Trinajstić information content (AvgIpc) is 2.52. The van der Waals surface area contributed by atoms with Gasteiger partial charge in [-0.1, -0.05) is 12.1 Å². The van der Waals surface area contributed by atoms with E-state index < -0.39 is 10.0 Å². The Labute approximate surface area is 147 Å². The predicted octanol–water partition coefficient (Wildman–Crippen LogP) is 0.528. The summed E-state index contributed by atoms with van der Waals surface area (Å²) >= 11 is 0. The van der Waals surface area contributed by atoms with Crippen molar-refractivity contribution in [3.63, 3.8) is 0 Å². The van der Waals surface area contributed by atoms with Crippen LogP contribution >= 0.6 is 0 Å². The van der Waals surface area contributed by atoms with Crippen LogP contribution in [-0.4, -0.2) is 44.8 Å². The average molecular weight is 366 g/mol. The lowest BCUT2D eigenvalue weighted by atomic mass is 10.0. The number of hydrogen-bond acceptors (Lipinski definition) is 4. The number of nitrogens with zero attached hydrogens (tertiary/aromatic N) is 1. The third-order valence-electron chi connectivity index (χ3n) is 3.89. The predicted molar refractivity (Wildman–Crippen MR) is 93.0 cm³/mol. The van der Waals surface area contributed by atoms with E-state index in [0.29, 0.717) is 11.3 Å². The van der Waals surface area contributed by atoms with Crippen molar-refractivity contribution < 1.29 is 18.0 Å². The van der Waals surface area contributed by atoms with Crippen LogP contribution in [-0.2, 0) is 21.4 Å². The van der Waals surface area contributed by atoms with Crippen LogP contribution in [0.4, 0.5) is 4.79 Å². The monoisotopic (exact) mass is 366 g/mol. The Morgan fingerprint density at radius 3 is 2.36 bits per heavy atom. The van der Waals surface area contributed by atoms with Crippen LogP contribution in [0.1, 0.15) is 19.4 Å². The minimum Gasteiger partial charge on any atom is -0.348 e. The van der Waals surface area contributed by atoms with Crippen LogP contribution < -0.4 is 16.0 Å². The van der Waals surface area contributed by atoms with E-state index in [1.165, 1.54) is 26.2 Å². The minimum absolute atomic E-state index is 0.193. The molecule has 1 atom stereocenters. The van der Waals surface area contributed by atoms with Gasteiger partial charge < -0.3 is 16.0 Å². The number of sulfonamides is 1. The zero-order valence-corrected chi connectivity index (χ0v) is 15.4. The third kappa shape index (κ3) is 4.18. The molecule has 0 aromatic heterocycles. The number of nitrogens with one attached hydrogen (secondary N) is 3. The maximum atomic E-state index is 12.4. The summed E-state index contributed by atoms with van der Waals surface area (Å²) in [6, 6.07) is 5.60. The van der Waals surface area contributed by atoms with Crippen molar-refractivity contribution in [2.24, 2.45) is 0 Å². The van der Waals surface area contributed by atoms with Gasteiger partial charge >= 0.3 is 6.03 Å². The summed E-state index contributed by atoms with van der Waals surface area (Å²) in [7, 11) is -0.532. The first-order valence-electron chi connectivity index (χ1n) is 7.71. The van der Waals surface area contributed by atoms with Crippen LogP contribution in [0.25, 0.3) is 0 Å². The molecule has 1 unspecified atom stereocenters. The molecule has 1 heterocycles. The lowest BCUT2D eigenvalue weighted by Crippen LogP contribution is -2.50. The highest BCUT2D eigenvalue weighted by molar-refractivity contribution is 7.89. The van der Waals surface area contributed by atoms with E-state index in [-0.39, 0.29) is 29.4 Å². The Hall–Kier alpha value is -2.39. The first kappa shape index (κ1) is 18.9. The SMILES string of the molecule is CC1=C(C(=O)NCc2ccc(S(=O)(=O)N(C)C)cc2)C(C)NC(=O)N1. The molecule has 0 fully saturated rings. The van der Waals surface area contributed by atoms with Gasteiger partial charge in [0.25, 0.3) is 5.91 Å². The normalized spacial score (nSPS) is 18.0. The Morgan fingerprint density at radius 2 is 1.84 bits per heavy atom. The van der Waals surface area contributed by atoms with E-state index in [0.717, 1.165) is 9.87 Å². The van der Waals surface area contributed by atoms with Crippen LogP contribution in [0.15, 0.2) is 40.4 Å². The Balaban J connectivity index is 2.06. The van der Waals surface area contributed by atoms with Gasteiger partial charge in [-0.25, -0.2) is 17.5 Å². The van der Waals surface area contributed by atoms with Gasteiger partial charge in [0.05, 0.1) is 16.5 Å². The van der Waals surface area contributed by atoms with Crippen molar-refractivity contribution >= 4 is 22.0 Å². The number of urea groups is 1. The molecule has 3 N–H and O–H groups in total. The molecule has 3 amide bonds. The van der Waals surface area contributed by atoms with E-state index in [2.05, 4.69) is 16.0 Å². The quantitative estimate of drug-likeness (QED) is 0.706. The summed E-state index contributed by atoms with van der Waals surface area (Å²) < 4.78 is 25.2. The van der Waals surface area contributed by atoms with E-state index >= 15 is 0 Å². The van der Waals surface area contributed by atoms with Crippen molar-refractivity contribution in [1.82, 2.24) is 20.3 Å². The zero-order valence-electron chi connectivity index (χ0n) is 14.6. The van der Waals surface area contributed by atoms with Crippen molar-refractivity contribution in [3.05, 3.63) is 41.1 Å². The maximum absolute atomic E-state index is 12.4. The molecule has 1 aliphatic heterocycles. The molecule has 136 valence electrons. The molecule has 1 aromatic rings. The molecule has 0 radical (unpaired) electrons. The molecule has 25 heavy (non-hydrogen) atoms. The minimum atomic E-state index is -3.47. The molecule has 0 saturated heterocycles. The van der Waals surface area contributed by atoms with Gasteiger partial charge in [-0.2, -0.15) is 0 Å². The highest BCUT2D eigenvalue weighted by Gasteiger charge is 2.26. The smallest absolute Gasteiger partial charge is 0.319 e.